The Labute approximate surface area is 138 Å². The normalized spacial score (nSPS) is 17.2. The Morgan fingerprint density at radius 3 is 2.43 bits per heavy atom. The minimum Gasteiger partial charge on any atom is -0.497 e. The standard InChI is InChI=1S/C15H25N3O4S/c1-17-8-10-18(11-9-17)7-6-16-23(19,20)15-12-13(21-2)4-5-14(15)22-3/h4-5,12,16H,6-11H2,1-3H3. The van der Waals surface area contributed by atoms with Gasteiger partial charge in [-0.05, 0) is 19.2 Å². The Morgan fingerprint density at radius 2 is 1.83 bits per heavy atom. The summed E-state index contributed by atoms with van der Waals surface area (Å²) in [5, 5.41) is 0. The SMILES string of the molecule is COc1ccc(OC)c(S(=O)(=O)NCCN2CCN(C)CC2)c1. The molecule has 1 fully saturated rings. The third-order valence-electron chi connectivity index (χ3n) is 3.98. The second-order valence-electron chi connectivity index (χ2n) is 5.56. The average Bonchev–Trinajstić information content (AvgIpc) is 2.56. The van der Waals surface area contributed by atoms with E-state index in [1.165, 1.54) is 20.3 Å². The molecule has 0 amide bonds. The molecule has 0 aliphatic carbocycles. The average molecular weight is 343 g/mol. The Hall–Kier alpha value is -1.35. The van der Waals surface area contributed by atoms with E-state index in [9.17, 15) is 8.42 Å². The van der Waals surface area contributed by atoms with Gasteiger partial charge in [0.15, 0.2) is 0 Å². The van der Waals surface area contributed by atoms with Gasteiger partial charge < -0.3 is 14.4 Å². The summed E-state index contributed by atoms with van der Waals surface area (Å²) in [7, 11) is 1.40. The molecule has 0 radical (unpaired) electrons. The molecule has 8 heteroatoms. The summed E-state index contributed by atoms with van der Waals surface area (Å²) in [4.78, 5) is 4.62. The van der Waals surface area contributed by atoms with Crippen molar-refractivity contribution in [2.75, 3.05) is 60.5 Å². The maximum absolute atomic E-state index is 12.5. The van der Waals surface area contributed by atoms with Gasteiger partial charge >= 0.3 is 0 Å². The lowest BCUT2D eigenvalue weighted by Gasteiger charge is -2.32. The van der Waals surface area contributed by atoms with Crippen LogP contribution in [-0.4, -0.2) is 78.8 Å². The zero-order valence-corrected chi connectivity index (χ0v) is 14.7. The van der Waals surface area contributed by atoms with E-state index in [4.69, 9.17) is 9.47 Å². The first-order valence-electron chi connectivity index (χ1n) is 7.59. The highest BCUT2D eigenvalue weighted by Crippen LogP contribution is 2.27. The molecule has 1 aliphatic heterocycles. The van der Waals surface area contributed by atoms with Gasteiger partial charge in [0.05, 0.1) is 14.2 Å². The third kappa shape index (κ3) is 4.81. The molecule has 0 atom stereocenters. The van der Waals surface area contributed by atoms with Gasteiger partial charge in [-0.15, -0.1) is 0 Å². The molecule has 1 aliphatic rings. The molecular formula is C15H25N3O4S. The summed E-state index contributed by atoms with van der Waals surface area (Å²) in [6.45, 7) is 5.00. The van der Waals surface area contributed by atoms with Gasteiger partial charge in [0.1, 0.15) is 16.4 Å². The molecule has 1 N–H and O–H groups in total. The van der Waals surface area contributed by atoms with Crippen molar-refractivity contribution in [3.8, 4) is 11.5 Å². The first kappa shape index (κ1) is 18.0. The van der Waals surface area contributed by atoms with Crippen LogP contribution in [-0.2, 0) is 10.0 Å². The van der Waals surface area contributed by atoms with Crippen LogP contribution in [0.3, 0.4) is 0 Å². The Kier molecular flexibility index (Phi) is 6.23. The van der Waals surface area contributed by atoms with E-state index in [2.05, 4.69) is 21.6 Å². The molecule has 23 heavy (non-hydrogen) atoms. The second kappa shape index (κ2) is 7.96. The second-order valence-corrected chi connectivity index (χ2v) is 7.29. The van der Waals surface area contributed by atoms with Crippen LogP contribution in [0.1, 0.15) is 0 Å². The van der Waals surface area contributed by atoms with Gasteiger partial charge in [0.25, 0.3) is 0 Å². The molecule has 0 unspecified atom stereocenters. The maximum atomic E-state index is 12.5. The number of ether oxygens (including phenoxy) is 2. The quantitative estimate of drug-likeness (QED) is 0.764. The highest BCUT2D eigenvalue weighted by atomic mass is 32.2. The Morgan fingerprint density at radius 1 is 1.13 bits per heavy atom. The van der Waals surface area contributed by atoms with Crippen LogP contribution >= 0.6 is 0 Å². The van der Waals surface area contributed by atoms with Gasteiger partial charge in [0.2, 0.25) is 10.0 Å². The van der Waals surface area contributed by atoms with E-state index in [-0.39, 0.29) is 4.90 Å². The lowest BCUT2D eigenvalue weighted by molar-refractivity contribution is 0.156. The number of nitrogens with zero attached hydrogens (tertiary/aromatic N) is 2. The molecule has 1 aromatic rings. The molecule has 130 valence electrons. The van der Waals surface area contributed by atoms with Crippen molar-refractivity contribution in [3.05, 3.63) is 18.2 Å². The fourth-order valence-electron chi connectivity index (χ4n) is 2.48. The van der Waals surface area contributed by atoms with Crippen molar-refractivity contribution in [2.45, 2.75) is 4.90 Å². The third-order valence-corrected chi connectivity index (χ3v) is 5.46. The van der Waals surface area contributed by atoms with E-state index in [0.29, 0.717) is 24.6 Å². The number of rotatable bonds is 7. The number of nitrogens with one attached hydrogen (secondary N) is 1. The lowest BCUT2D eigenvalue weighted by Crippen LogP contribution is -2.46. The zero-order valence-electron chi connectivity index (χ0n) is 13.9. The van der Waals surface area contributed by atoms with E-state index < -0.39 is 10.0 Å². The van der Waals surface area contributed by atoms with Crippen LogP contribution in [0.2, 0.25) is 0 Å². The van der Waals surface area contributed by atoms with Crippen LogP contribution in [0.15, 0.2) is 23.1 Å². The molecule has 2 rings (SSSR count). The zero-order chi connectivity index (χ0) is 16.9. The molecule has 0 bridgehead atoms. The number of piperazine rings is 1. The van der Waals surface area contributed by atoms with Crippen molar-refractivity contribution in [1.29, 1.82) is 0 Å². The highest BCUT2D eigenvalue weighted by molar-refractivity contribution is 7.89. The van der Waals surface area contributed by atoms with Gasteiger partial charge in [-0.1, -0.05) is 0 Å². The predicted molar refractivity (Wildman–Crippen MR) is 88.7 cm³/mol. The molecule has 1 saturated heterocycles. The topological polar surface area (TPSA) is 71.1 Å². The van der Waals surface area contributed by atoms with E-state index >= 15 is 0 Å². The molecule has 0 spiro atoms. The van der Waals surface area contributed by atoms with E-state index in [1.807, 2.05) is 0 Å². The number of hydrogen-bond acceptors (Lipinski definition) is 6. The van der Waals surface area contributed by atoms with Crippen LogP contribution < -0.4 is 14.2 Å². The molecule has 1 aromatic carbocycles. The lowest BCUT2D eigenvalue weighted by atomic mass is 10.3. The minimum absolute atomic E-state index is 0.0951. The first-order chi connectivity index (χ1) is 11.0. The number of sulfonamides is 1. The summed E-state index contributed by atoms with van der Waals surface area (Å²) in [5.41, 5.74) is 0. The van der Waals surface area contributed by atoms with Gasteiger partial charge in [0, 0.05) is 45.3 Å². The van der Waals surface area contributed by atoms with Crippen molar-refractivity contribution in [3.63, 3.8) is 0 Å². The van der Waals surface area contributed by atoms with Crippen LogP contribution in [0.5, 0.6) is 11.5 Å². The number of methoxy groups -OCH3 is 2. The van der Waals surface area contributed by atoms with Crippen LogP contribution in [0.4, 0.5) is 0 Å². The van der Waals surface area contributed by atoms with Crippen LogP contribution in [0.25, 0.3) is 0 Å². The van der Waals surface area contributed by atoms with Crippen LogP contribution in [0, 0.1) is 0 Å². The monoisotopic (exact) mass is 343 g/mol. The van der Waals surface area contributed by atoms with Crippen molar-refractivity contribution >= 4 is 10.0 Å². The number of likely N-dealkylation sites (N-methyl/N-ethyl adjacent to an activating group) is 1. The van der Waals surface area contributed by atoms with Crippen molar-refractivity contribution in [2.24, 2.45) is 0 Å². The summed E-state index contributed by atoms with van der Waals surface area (Å²) in [5.74, 6) is 0.781. The minimum atomic E-state index is -3.64. The smallest absolute Gasteiger partial charge is 0.244 e. The Bertz CT molecular complexity index is 613. The summed E-state index contributed by atoms with van der Waals surface area (Å²) in [6, 6.07) is 4.73. The highest BCUT2D eigenvalue weighted by Gasteiger charge is 2.21. The maximum Gasteiger partial charge on any atom is 0.244 e. The van der Waals surface area contributed by atoms with Gasteiger partial charge in [-0.3, -0.25) is 4.90 Å². The summed E-state index contributed by atoms with van der Waals surface area (Å²) in [6.07, 6.45) is 0. The van der Waals surface area contributed by atoms with Gasteiger partial charge in [-0.2, -0.15) is 0 Å². The van der Waals surface area contributed by atoms with Crippen molar-refractivity contribution in [1.82, 2.24) is 14.5 Å². The van der Waals surface area contributed by atoms with Gasteiger partial charge in [-0.25, -0.2) is 13.1 Å². The summed E-state index contributed by atoms with van der Waals surface area (Å²) < 4.78 is 37.9. The fourth-order valence-corrected chi connectivity index (χ4v) is 3.68. The molecular weight excluding hydrogens is 318 g/mol. The summed E-state index contributed by atoms with van der Waals surface area (Å²) >= 11 is 0. The molecule has 7 nitrogen and oxygen atoms in total. The molecule has 1 heterocycles. The first-order valence-corrected chi connectivity index (χ1v) is 9.07. The van der Waals surface area contributed by atoms with E-state index in [1.54, 1.807) is 12.1 Å². The Balaban J connectivity index is 1.98. The number of hydrogen-bond donors (Lipinski definition) is 1. The number of benzene rings is 1. The largest absolute Gasteiger partial charge is 0.497 e. The van der Waals surface area contributed by atoms with Crippen molar-refractivity contribution < 1.29 is 17.9 Å². The fraction of sp³-hybridized carbons (Fsp3) is 0.600. The molecule has 0 aromatic heterocycles. The predicted octanol–water partition coefficient (Wildman–Crippen LogP) is 0.230. The van der Waals surface area contributed by atoms with E-state index in [0.717, 1.165) is 26.2 Å². The molecule has 0 saturated carbocycles.